The molecule has 20 heavy (non-hydrogen) atoms. The third-order valence-corrected chi connectivity index (χ3v) is 3.33. The van der Waals surface area contributed by atoms with Gasteiger partial charge in [0.1, 0.15) is 11.8 Å². The zero-order valence-corrected chi connectivity index (χ0v) is 12.3. The van der Waals surface area contributed by atoms with Crippen LogP contribution in [0.3, 0.4) is 0 Å². The minimum atomic E-state index is -1.19. The van der Waals surface area contributed by atoms with Crippen LogP contribution in [0.25, 0.3) is 0 Å². The second-order valence-electron chi connectivity index (χ2n) is 5.56. The summed E-state index contributed by atoms with van der Waals surface area (Å²) in [7, 11) is -1.19. The Morgan fingerprint density at radius 3 is 2.50 bits per heavy atom. The Kier molecular flexibility index (Phi) is 5.18. The summed E-state index contributed by atoms with van der Waals surface area (Å²) in [5, 5.41) is 28.6. The van der Waals surface area contributed by atoms with E-state index in [2.05, 4.69) is 0 Å². The molecule has 1 rings (SSSR count). The van der Waals surface area contributed by atoms with Crippen molar-refractivity contribution in [1.82, 2.24) is 0 Å². The van der Waals surface area contributed by atoms with E-state index < -0.39 is 18.3 Å². The van der Waals surface area contributed by atoms with Crippen molar-refractivity contribution in [3.8, 4) is 11.8 Å². The van der Waals surface area contributed by atoms with Gasteiger partial charge < -0.3 is 19.5 Å². The molecule has 0 bridgehead atoms. The molecule has 0 fully saturated rings. The number of hydrogen-bond donors (Lipinski definition) is 2. The highest BCUT2D eigenvalue weighted by Gasteiger charge is 2.39. The molecule has 0 spiro atoms. The van der Waals surface area contributed by atoms with E-state index in [1.807, 2.05) is 6.07 Å². The average Bonchev–Trinajstić information content (AvgIpc) is 2.35. The first-order valence-corrected chi connectivity index (χ1v) is 6.35. The van der Waals surface area contributed by atoms with Gasteiger partial charge in [0.15, 0.2) is 6.61 Å². The summed E-state index contributed by atoms with van der Waals surface area (Å²) in [6.07, 6.45) is 0. The molecule has 0 aliphatic heterocycles. The largest absolute Gasteiger partial charge is 0.491 e. The summed E-state index contributed by atoms with van der Waals surface area (Å²) in [6, 6.07) is 8.55. The summed E-state index contributed by atoms with van der Waals surface area (Å²) in [4.78, 5) is 0. The molecule has 2 N–H and O–H groups in total. The van der Waals surface area contributed by atoms with Crippen LogP contribution in [0.5, 0.6) is 5.75 Å². The van der Waals surface area contributed by atoms with E-state index in [1.165, 1.54) is 0 Å². The lowest BCUT2D eigenvalue weighted by Crippen LogP contribution is -2.53. The van der Waals surface area contributed by atoms with Crippen LogP contribution < -0.4 is 10.2 Å². The Morgan fingerprint density at radius 2 is 1.95 bits per heavy atom. The highest BCUT2D eigenvalue weighted by Crippen LogP contribution is 2.25. The molecule has 108 valence electrons. The predicted molar refractivity (Wildman–Crippen MR) is 76.6 cm³/mol. The van der Waals surface area contributed by atoms with E-state index in [1.54, 1.807) is 52.0 Å². The van der Waals surface area contributed by atoms with Crippen molar-refractivity contribution in [2.75, 3.05) is 6.61 Å². The second kappa shape index (κ2) is 6.27. The summed E-state index contributed by atoms with van der Waals surface area (Å²) >= 11 is 0. The highest BCUT2D eigenvalue weighted by molar-refractivity contribution is 6.60. The van der Waals surface area contributed by atoms with Crippen LogP contribution in [0, 0.1) is 11.3 Å². The van der Waals surface area contributed by atoms with Gasteiger partial charge >= 0.3 is 7.12 Å². The third kappa shape index (κ3) is 4.24. The molecule has 1 aromatic carbocycles. The molecule has 0 unspecified atom stereocenters. The number of rotatable bonds is 6. The maximum absolute atomic E-state index is 10.1. The molecule has 0 saturated heterocycles. The second-order valence-corrected chi connectivity index (χ2v) is 5.56. The average molecular weight is 277 g/mol. The fourth-order valence-corrected chi connectivity index (χ4v) is 1.36. The van der Waals surface area contributed by atoms with Crippen molar-refractivity contribution in [2.24, 2.45) is 0 Å². The fraction of sp³-hybridized carbons (Fsp3) is 0.500. The van der Waals surface area contributed by atoms with Crippen molar-refractivity contribution in [3.05, 3.63) is 24.3 Å². The fourth-order valence-electron chi connectivity index (χ4n) is 1.36. The van der Waals surface area contributed by atoms with E-state index >= 15 is 0 Å². The van der Waals surface area contributed by atoms with Crippen molar-refractivity contribution in [2.45, 2.75) is 38.9 Å². The zero-order chi connectivity index (χ0) is 15.4. The van der Waals surface area contributed by atoms with Crippen molar-refractivity contribution < 1.29 is 19.5 Å². The summed E-state index contributed by atoms with van der Waals surface area (Å²) < 4.78 is 10.7. The van der Waals surface area contributed by atoms with Gasteiger partial charge in [-0.2, -0.15) is 5.26 Å². The van der Waals surface area contributed by atoms with Crippen LogP contribution in [0.15, 0.2) is 24.3 Å². The lowest BCUT2D eigenvalue weighted by molar-refractivity contribution is -0.0982. The van der Waals surface area contributed by atoms with Crippen molar-refractivity contribution in [1.29, 1.82) is 5.26 Å². The normalized spacial score (nSPS) is 11.8. The number of benzene rings is 1. The predicted octanol–water partition coefficient (Wildman–Crippen LogP) is 0.843. The van der Waals surface area contributed by atoms with Gasteiger partial charge in [-0.3, -0.25) is 0 Å². The SMILES string of the molecule is CC(C)(O)C(C)(C)OB(O)c1cccc(OCC#N)c1. The number of nitriles is 1. The van der Waals surface area contributed by atoms with E-state index in [4.69, 9.17) is 14.7 Å². The highest BCUT2D eigenvalue weighted by atomic mass is 16.5. The molecule has 0 aliphatic carbocycles. The van der Waals surface area contributed by atoms with E-state index in [9.17, 15) is 10.1 Å². The Hall–Kier alpha value is -1.55. The monoisotopic (exact) mass is 277 g/mol. The van der Waals surface area contributed by atoms with E-state index in [0.29, 0.717) is 11.2 Å². The van der Waals surface area contributed by atoms with Gasteiger partial charge in [0, 0.05) is 0 Å². The lowest BCUT2D eigenvalue weighted by Gasteiger charge is -2.38. The Bertz CT molecular complexity index is 491. The first-order chi connectivity index (χ1) is 9.17. The van der Waals surface area contributed by atoms with Crippen LogP contribution >= 0.6 is 0 Å². The van der Waals surface area contributed by atoms with Crippen LogP contribution in [0.1, 0.15) is 27.7 Å². The van der Waals surface area contributed by atoms with Crippen molar-refractivity contribution in [3.63, 3.8) is 0 Å². The topological polar surface area (TPSA) is 82.7 Å². The van der Waals surface area contributed by atoms with Gasteiger partial charge in [-0.15, -0.1) is 0 Å². The first kappa shape index (κ1) is 16.5. The molecule has 0 amide bonds. The standard InChI is InChI=1S/C14H20BNO4/c1-13(2,17)14(3,4)20-15(18)11-6-5-7-12(10-11)19-9-8-16/h5-7,10,17-18H,9H2,1-4H3. The van der Waals surface area contributed by atoms with Gasteiger partial charge in [0.2, 0.25) is 0 Å². The van der Waals surface area contributed by atoms with E-state index in [-0.39, 0.29) is 6.61 Å². The van der Waals surface area contributed by atoms with Gasteiger partial charge in [0.25, 0.3) is 0 Å². The molecule has 6 heteroatoms. The minimum Gasteiger partial charge on any atom is -0.479 e. The van der Waals surface area contributed by atoms with Gasteiger partial charge in [0.05, 0.1) is 11.2 Å². The van der Waals surface area contributed by atoms with Gasteiger partial charge in [-0.25, -0.2) is 0 Å². The van der Waals surface area contributed by atoms with Gasteiger partial charge in [-0.05, 0) is 45.3 Å². The molecule has 0 saturated carbocycles. The number of ether oxygens (including phenoxy) is 1. The third-order valence-electron chi connectivity index (χ3n) is 3.33. The molecule has 0 aromatic heterocycles. The van der Waals surface area contributed by atoms with Crippen molar-refractivity contribution >= 4 is 12.6 Å². The summed E-state index contributed by atoms with van der Waals surface area (Å²) in [5.41, 5.74) is -1.54. The molecule has 0 atom stereocenters. The Labute approximate surface area is 119 Å². The lowest BCUT2D eigenvalue weighted by atomic mass is 9.76. The maximum Gasteiger partial charge on any atom is 0.491 e. The van der Waals surface area contributed by atoms with E-state index in [0.717, 1.165) is 0 Å². The Balaban J connectivity index is 2.83. The number of aliphatic hydroxyl groups is 1. The van der Waals surface area contributed by atoms with Crippen LogP contribution in [0.2, 0.25) is 0 Å². The quantitative estimate of drug-likeness (QED) is 0.753. The molecule has 0 radical (unpaired) electrons. The summed E-state index contributed by atoms with van der Waals surface area (Å²) in [6.45, 7) is 6.58. The van der Waals surface area contributed by atoms with Crippen LogP contribution in [0.4, 0.5) is 0 Å². The molecule has 1 aromatic rings. The van der Waals surface area contributed by atoms with Gasteiger partial charge in [-0.1, -0.05) is 12.1 Å². The summed E-state index contributed by atoms with van der Waals surface area (Å²) in [5.74, 6) is 0.479. The number of hydrogen-bond acceptors (Lipinski definition) is 5. The van der Waals surface area contributed by atoms with Crippen LogP contribution in [-0.4, -0.2) is 35.1 Å². The first-order valence-electron chi connectivity index (χ1n) is 6.35. The molecule has 0 aliphatic rings. The Morgan fingerprint density at radius 1 is 1.30 bits per heavy atom. The maximum atomic E-state index is 10.1. The smallest absolute Gasteiger partial charge is 0.479 e. The number of nitrogens with zero attached hydrogens (tertiary/aromatic N) is 1. The molecule has 0 heterocycles. The molecular formula is C14H20BNO4. The zero-order valence-electron chi connectivity index (χ0n) is 12.3. The van der Waals surface area contributed by atoms with Crippen LogP contribution in [-0.2, 0) is 4.65 Å². The molecular weight excluding hydrogens is 257 g/mol. The molecule has 5 nitrogen and oxygen atoms in total. The minimum absolute atomic E-state index is 0.0600.